The number of carbonyl (C=O) groups is 1. The molecule has 12 heavy (non-hydrogen) atoms. The topological polar surface area (TPSA) is 50.4 Å². The summed E-state index contributed by atoms with van der Waals surface area (Å²) in [5, 5.41) is 5.44. The predicted molar refractivity (Wildman–Crippen MR) is 48.2 cm³/mol. The van der Waals surface area contributed by atoms with Gasteiger partial charge >= 0.3 is 6.03 Å². The van der Waals surface area contributed by atoms with E-state index in [0.717, 1.165) is 0 Å². The van der Waals surface area contributed by atoms with Crippen LogP contribution in [0.15, 0.2) is 0 Å². The van der Waals surface area contributed by atoms with Gasteiger partial charge in [-0.2, -0.15) is 0 Å². The Bertz CT molecular complexity index is 146. The minimum Gasteiger partial charge on any atom is -0.382 e. The second-order valence-electron chi connectivity index (χ2n) is 3.30. The lowest BCUT2D eigenvalue weighted by Gasteiger charge is -2.25. The molecule has 0 aromatic rings. The van der Waals surface area contributed by atoms with Crippen LogP contribution in [-0.2, 0) is 4.74 Å². The number of methoxy groups -OCH3 is 1. The lowest BCUT2D eigenvalue weighted by Crippen LogP contribution is -2.50. The first-order valence-electron chi connectivity index (χ1n) is 4.07. The average Bonchev–Trinajstić information content (AvgIpc) is 1.85. The largest absolute Gasteiger partial charge is 0.382 e. The summed E-state index contributed by atoms with van der Waals surface area (Å²) in [5.41, 5.74) is -0.312. The third-order valence-corrected chi connectivity index (χ3v) is 1.29. The minimum absolute atomic E-state index is 0.153. The molecule has 72 valence electrons. The maximum Gasteiger partial charge on any atom is 0.315 e. The molecule has 0 radical (unpaired) electrons. The van der Waals surface area contributed by atoms with Crippen LogP contribution in [-0.4, -0.2) is 31.8 Å². The van der Waals surface area contributed by atoms with Crippen molar-refractivity contribution in [3.05, 3.63) is 0 Å². The van der Waals surface area contributed by atoms with E-state index in [1.807, 2.05) is 20.8 Å². The van der Waals surface area contributed by atoms with Crippen molar-refractivity contribution < 1.29 is 9.53 Å². The van der Waals surface area contributed by atoms with Crippen LogP contribution in [0.3, 0.4) is 0 Å². The highest BCUT2D eigenvalue weighted by atomic mass is 16.5. The first-order valence-corrected chi connectivity index (χ1v) is 4.07. The molecular weight excluding hydrogens is 156 g/mol. The number of amides is 2. The Balaban J connectivity index is 3.79. The van der Waals surface area contributed by atoms with E-state index in [4.69, 9.17) is 4.74 Å². The number of ether oxygens (including phenoxy) is 1. The molecule has 0 atom stereocenters. The molecule has 0 fully saturated rings. The molecule has 0 unspecified atom stereocenters. The highest BCUT2D eigenvalue weighted by Crippen LogP contribution is 2.00. The fourth-order valence-corrected chi connectivity index (χ4v) is 0.909. The Morgan fingerprint density at radius 3 is 2.50 bits per heavy atom. The van der Waals surface area contributed by atoms with E-state index in [1.165, 1.54) is 0 Å². The van der Waals surface area contributed by atoms with Gasteiger partial charge in [-0.15, -0.1) is 0 Å². The number of carbonyl (C=O) groups excluding carboxylic acids is 1. The Hall–Kier alpha value is -0.770. The van der Waals surface area contributed by atoms with Gasteiger partial charge in [0.2, 0.25) is 0 Å². The molecule has 0 aliphatic heterocycles. The number of hydrogen-bond acceptors (Lipinski definition) is 2. The van der Waals surface area contributed by atoms with Crippen LogP contribution < -0.4 is 10.6 Å². The average molecular weight is 174 g/mol. The lowest BCUT2D eigenvalue weighted by molar-refractivity contribution is 0.131. The minimum atomic E-state index is -0.312. The van der Waals surface area contributed by atoms with Crippen LogP contribution in [0.4, 0.5) is 4.79 Å². The number of nitrogens with one attached hydrogen (secondary N) is 2. The monoisotopic (exact) mass is 174 g/mol. The molecular formula is C8H18N2O2. The van der Waals surface area contributed by atoms with E-state index < -0.39 is 0 Å². The van der Waals surface area contributed by atoms with Crippen LogP contribution in [0.2, 0.25) is 0 Å². The second kappa shape index (κ2) is 4.98. The van der Waals surface area contributed by atoms with Crippen molar-refractivity contribution in [2.24, 2.45) is 0 Å². The maximum absolute atomic E-state index is 11.1. The van der Waals surface area contributed by atoms with Crippen LogP contribution in [0, 0.1) is 0 Å². The van der Waals surface area contributed by atoms with Crippen LogP contribution in [0.1, 0.15) is 20.8 Å². The third kappa shape index (κ3) is 4.96. The standard InChI is InChI=1S/C8H18N2O2/c1-5-9-7(11)10-8(2,3)6-12-4/h5-6H2,1-4H3,(H2,9,10,11). The zero-order chi connectivity index (χ0) is 9.61. The summed E-state index contributed by atoms with van der Waals surface area (Å²) in [7, 11) is 1.61. The summed E-state index contributed by atoms with van der Waals surface area (Å²) < 4.78 is 4.94. The van der Waals surface area contributed by atoms with Crippen LogP contribution in [0.5, 0.6) is 0 Å². The summed E-state index contributed by atoms with van der Waals surface area (Å²) in [6, 6.07) is -0.153. The zero-order valence-corrected chi connectivity index (χ0v) is 8.23. The number of hydrogen-bond donors (Lipinski definition) is 2. The Morgan fingerprint density at radius 2 is 2.08 bits per heavy atom. The summed E-state index contributed by atoms with van der Waals surface area (Å²) in [6.45, 7) is 6.83. The smallest absolute Gasteiger partial charge is 0.315 e. The summed E-state index contributed by atoms with van der Waals surface area (Å²) in [5.74, 6) is 0. The van der Waals surface area contributed by atoms with Gasteiger partial charge in [0, 0.05) is 13.7 Å². The molecule has 2 amide bonds. The van der Waals surface area contributed by atoms with Crippen molar-refractivity contribution in [3.8, 4) is 0 Å². The molecule has 0 aromatic carbocycles. The van der Waals surface area contributed by atoms with Crippen molar-refractivity contribution in [3.63, 3.8) is 0 Å². The first-order chi connectivity index (χ1) is 5.52. The SMILES string of the molecule is CCNC(=O)NC(C)(C)COC. The molecule has 4 heteroatoms. The summed E-state index contributed by atoms with van der Waals surface area (Å²) in [4.78, 5) is 11.1. The van der Waals surface area contributed by atoms with Crippen molar-refractivity contribution in [2.75, 3.05) is 20.3 Å². The molecule has 0 saturated carbocycles. The number of urea groups is 1. The van der Waals surface area contributed by atoms with Gasteiger partial charge in [0.25, 0.3) is 0 Å². The van der Waals surface area contributed by atoms with Crippen molar-refractivity contribution in [1.29, 1.82) is 0 Å². The molecule has 0 aliphatic carbocycles. The van der Waals surface area contributed by atoms with Gasteiger partial charge in [-0.25, -0.2) is 4.79 Å². The van der Waals surface area contributed by atoms with E-state index in [1.54, 1.807) is 7.11 Å². The molecule has 2 N–H and O–H groups in total. The highest BCUT2D eigenvalue weighted by molar-refractivity contribution is 5.74. The lowest BCUT2D eigenvalue weighted by atomic mass is 10.1. The molecule has 0 spiro atoms. The van der Waals surface area contributed by atoms with Gasteiger partial charge in [-0.1, -0.05) is 0 Å². The fraction of sp³-hybridized carbons (Fsp3) is 0.875. The van der Waals surface area contributed by atoms with Crippen LogP contribution in [0.25, 0.3) is 0 Å². The second-order valence-corrected chi connectivity index (χ2v) is 3.30. The molecule has 0 heterocycles. The van der Waals surface area contributed by atoms with E-state index >= 15 is 0 Å². The van der Waals surface area contributed by atoms with E-state index in [0.29, 0.717) is 13.2 Å². The van der Waals surface area contributed by atoms with Crippen LogP contribution >= 0.6 is 0 Å². The highest BCUT2D eigenvalue weighted by Gasteiger charge is 2.19. The van der Waals surface area contributed by atoms with E-state index in [2.05, 4.69) is 10.6 Å². The van der Waals surface area contributed by atoms with E-state index in [-0.39, 0.29) is 11.6 Å². The quantitative estimate of drug-likeness (QED) is 0.660. The first kappa shape index (κ1) is 11.2. The van der Waals surface area contributed by atoms with Crippen molar-refractivity contribution >= 4 is 6.03 Å². The van der Waals surface area contributed by atoms with Gasteiger partial charge in [0.05, 0.1) is 12.1 Å². The zero-order valence-electron chi connectivity index (χ0n) is 8.23. The van der Waals surface area contributed by atoms with Gasteiger partial charge in [0.1, 0.15) is 0 Å². The molecule has 0 saturated heterocycles. The Kier molecular flexibility index (Phi) is 4.66. The fourth-order valence-electron chi connectivity index (χ4n) is 0.909. The van der Waals surface area contributed by atoms with E-state index in [9.17, 15) is 4.79 Å². The molecule has 0 rings (SSSR count). The van der Waals surface area contributed by atoms with Gasteiger partial charge in [-0.05, 0) is 20.8 Å². The molecule has 0 bridgehead atoms. The van der Waals surface area contributed by atoms with Gasteiger partial charge in [0.15, 0.2) is 0 Å². The summed E-state index contributed by atoms with van der Waals surface area (Å²) in [6.07, 6.45) is 0. The normalized spacial score (nSPS) is 11.0. The Labute approximate surface area is 73.7 Å². The van der Waals surface area contributed by atoms with Gasteiger partial charge in [-0.3, -0.25) is 0 Å². The number of rotatable bonds is 4. The maximum atomic E-state index is 11.1. The molecule has 0 aromatic heterocycles. The van der Waals surface area contributed by atoms with Crippen molar-refractivity contribution in [2.45, 2.75) is 26.3 Å². The van der Waals surface area contributed by atoms with Crippen molar-refractivity contribution in [1.82, 2.24) is 10.6 Å². The summed E-state index contributed by atoms with van der Waals surface area (Å²) >= 11 is 0. The third-order valence-electron chi connectivity index (χ3n) is 1.29. The molecule has 0 aliphatic rings. The predicted octanol–water partition coefficient (Wildman–Crippen LogP) is 0.730. The Morgan fingerprint density at radius 1 is 1.50 bits per heavy atom. The van der Waals surface area contributed by atoms with Gasteiger partial charge < -0.3 is 15.4 Å². The molecule has 4 nitrogen and oxygen atoms in total.